The summed E-state index contributed by atoms with van der Waals surface area (Å²) in [4.78, 5) is 11.0. The fourth-order valence-electron chi connectivity index (χ4n) is 2.80. The minimum absolute atomic E-state index is 0.106. The van der Waals surface area contributed by atoms with Crippen molar-refractivity contribution in [2.24, 2.45) is 0 Å². The average Bonchev–Trinajstić information content (AvgIpc) is 2.70. The van der Waals surface area contributed by atoms with E-state index in [1.807, 2.05) is 37.3 Å². The maximum atomic E-state index is 13.3. The molecule has 0 aliphatic rings. The first-order chi connectivity index (χ1) is 13.9. The van der Waals surface area contributed by atoms with Crippen molar-refractivity contribution < 1.29 is 14.6 Å². The molecule has 0 unspecified atom stereocenters. The summed E-state index contributed by atoms with van der Waals surface area (Å²) in [7, 11) is 0. The van der Waals surface area contributed by atoms with E-state index in [0.717, 1.165) is 11.3 Å². The minimum Gasteiger partial charge on any atom is -0.867 e. The zero-order valence-electron chi connectivity index (χ0n) is 16.0. The van der Waals surface area contributed by atoms with Crippen molar-refractivity contribution in [3.05, 3.63) is 99.9 Å². The fourth-order valence-corrected chi connectivity index (χ4v) is 3.11. The van der Waals surface area contributed by atoms with Crippen molar-refractivity contribution >= 4 is 40.0 Å². The second kappa shape index (κ2) is 8.62. The number of thiocarbonyl (C=S) groups is 1. The van der Waals surface area contributed by atoms with Crippen LogP contribution in [0.15, 0.2) is 73.1 Å². The highest BCUT2D eigenvalue weighted by atomic mass is 32.1. The number of anilines is 1. The topological polar surface area (TPSA) is 82.1 Å². The first kappa shape index (κ1) is 20.2. The molecule has 0 aliphatic heterocycles. The summed E-state index contributed by atoms with van der Waals surface area (Å²) in [5.41, 5.74) is 2.64. The third kappa shape index (κ3) is 4.64. The normalized spacial score (nSPS) is 11.5. The van der Waals surface area contributed by atoms with Crippen molar-refractivity contribution in [1.29, 1.82) is 0 Å². The van der Waals surface area contributed by atoms with E-state index in [1.165, 1.54) is 6.07 Å². The standard InChI is InChI=1S/C22H19N3O3S/c1-15-6-10-18(11-7-15)23-22(29)20(24-12-4-3-5-13-24)21(26)17-9-8-16(2)19(14-17)25(27)28/h3-14H,1-2H3,(H-,23,26,29). The highest BCUT2D eigenvalue weighted by Crippen LogP contribution is 2.24. The van der Waals surface area contributed by atoms with Crippen LogP contribution >= 0.6 is 12.2 Å². The van der Waals surface area contributed by atoms with Crippen molar-refractivity contribution in [1.82, 2.24) is 0 Å². The van der Waals surface area contributed by atoms with E-state index in [-0.39, 0.29) is 21.9 Å². The number of benzene rings is 2. The third-order valence-electron chi connectivity index (χ3n) is 4.38. The average molecular weight is 405 g/mol. The van der Waals surface area contributed by atoms with E-state index in [0.29, 0.717) is 5.56 Å². The number of pyridine rings is 1. The second-order valence-electron chi connectivity index (χ2n) is 6.54. The Hall–Kier alpha value is -3.58. The van der Waals surface area contributed by atoms with Gasteiger partial charge in [-0.05, 0) is 37.3 Å². The number of hydrogen-bond acceptors (Lipinski definition) is 4. The Bertz CT molecular complexity index is 1090. The quantitative estimate of drug-likeness (QED) is 0.175. The van der Waals surface area contributed by atoms with Crippen molar-refractivity contribution in [3.63, 3.8) is 0 Å². The first-order valence-electron chi connectivity index (χ1n) is 8.88. The van der Waals surface area contributed by atoms with Crippen LogP contribution in [0.4, 0.5) is 11.4 Å². The molecular weight excluding hydrogens is 386 g/mol. The summed E-state index contributed by atoms with van der Waals surface area (Å²) in [5.74, 6) is -0.408. The van der Waals surface area contributed by atoms with Crippen LogP contribution in [0, 0.1) is 24.0 Å². The van der Waals surface area contributed by atoms with Gasteiger partial charge in [-0.2, -0.15) is 4.57 Å². The van der Waals surface area contributed by atoms with Gasteiger partial charge in [0.15, 0.2) is 17.4 Å². The van der Waals surface area contributed by atoms with Crippen LogP contribution in [0.3, 0.4) is 0 Å². The van der Waals surface area contributed by atoms with Crippen LogP contribution in [0.2, 0.25) is 0 Å². The predicted molar refractivity (Wildman–Crippen MR) is 115 cm³/mol. The van der Waals surface area contributed by atoms with Gasteiger partial charge in [0.1, 0.15) is 0 Å². The lowest BCUT2D eigenvalue weighted by Gasteiger charge is -2.17. The SMILES string of the molecule is Cc1ccc(NC(=S)/C(=C(\[O-])c2ccc(C)c([N+](=O)[O-])c2)[n+]2ccccc2)cc1. The molecule has 3 aromatic rings. The molecule has 0 amide bonds. The third-order valence-corrected chi connectivity index (χ3v) is 4.68. The van der Waals surface area contributed by atoms with Gasteiger partial charge in [0, 0.05) is 29.4 Å². The van der Waals surface area contributed by atoms with E-state index >= 15 is 0 Å². The lowest BCUT2D eigenvalue weighted by Crippen LogP contribution is -2.39. The first-order valence-corrected chi connectivity index (χ1v) is 9.29. The Morgan fingerprint density at radius 3 is 2.31 bits per heavy atom. The Labute approximate surface area is 173 Å². The number of aryl methyl sites for hydroxylation is 2. The maximum Gasteiger partial charge on any atom is 0.272 e. The molecule has 0 atom stereocenters. The Morgan fingerprint density at radius 1 is 1.03 bits per heavy atom. The molecule has 29 heavy (non-hydrogen) atoms. The number of aromatic nitrogens is 1. The fraction of sp³-hybridized carbons (Fsp3) is 0.0909. The van der Waals surface area contributed by atoms with E-state index in [1.54, 1.807) is 48.1 Å². The van der Waals surface area contributed by atoms with E-state index in [2.05, 4.69) is 5.32 Å². The smallest absolute Gasteiger partial charge is 0.272 e. The maximum absolute atomic E-state index is 13.3. The number of hydrogen-bond donors (Lipinski definition) is 1. The van der Waals surface area contributed by atoms with Gasteiger partial charge in [-0.25, -0.2) is 0 Å². The van der Waals surface area contributed by atoms with Gasteiger partial charge in [0.2, 0.25) is 5.70 Å². The zero-order valence-corrected chi connectivity index (χ0v) is 16.8. The highest BCUT2D eigenvalue weighted by Gasteiger charge is 2.20. The number of rotatable bonds is 5. The van der Waals surface area contributed by atoms with Crippen molar-refractivity contribution in [2.45, 2.75) is 13.8 Å². The number of nitro groups is 1. The molecule has 6 nitrogen and oxygen atoms in total. The molecule has 146 valence electrons. The van der Waals surface area contributed by atoms with Crippen LogP contribution in [0.5, 0.6) is 0 Å². The summed E-state index contributed by atoms with van der Waals surface area (Å²) in [6.07, 6.45) is 3.41. The summed E-state index contributed by atoms with van der Waals surface area (Å²) >= 11 is 5.54. The zero-order chi connectivity index (χ0) is 21.0. The summed E-state index contributed by atoms with van der Waals surface area (Å²) in [5, 5.41) is 27.7. The molecule has 0 saturated heterocycles. The van der Waals surface area contributed by atoms with Crippen molar-refractivity contribution in [3.8, 4) is 0 Å². The predicted octanol–water partition coefficient (Wildman–Crippen LogP) is 3.62. The van der Waals surface area contributed by atoms with Gasteiger partial charge in [-0.15, -0.1) is 0 Å². The number of nitrogens with one attached hydrogen (secondary N) is 1. The minimum atomic E-state index is -0.496. The van der Waals surface area contributed by atoms with Crippen LogP contribution in [0.25, 0.3) is 11.5 Å². The molecule has 1 heterocycles. The van der Waals surface area contributed by atoms with Crippen LogP contribution in [-0.4, -0.2) is 9.91 Å². The van der Waals surface area contributed by atoms with Crippen LogP contribution < -0.4 is 15.0 Å². The number of nitro benzene ring substituents is 1. The molecule has 0 saturated carbocycles. The van der Waals surface area contributed by atoms with E-state index in [4.69, 9.17) is 12.2 Å². The number of nitrogens with zero attached hydrogens (tertiary/aromatic N) is 2. The van der Waals surface area contributed by atoms with E-state index in [9.17, 15) is 15.2 Å². The summed E-state index contributed by atoms with van der Waals surface area (Å²) in [6.45, 7) is 3.61. The Balaban J connectivity index is 2.10. The largest absolute Gasteiger partial charge is 0.867 e. The molecule has 3 rings (SSSR count). The van der Waals surface area contributed by atoms with Gasteiger partial charge < -0.3 is 10.4 Å². The van der Waals surface area contributed by atoms with Gasteiger partial charge in [-0.3, -0.25) is 10.1 Å². The Kier molecular flexibility index (Phi) is 5.99. The molecule has 0 spiro atoms. The molecule has 7 heteroatoms. The van der Waals surface area contributed by atoms with Gasteiger partial charge in [0.05, 0.1) is 4.92 Å². The highest BCUT2D eigenvalue weighted by molar-refractivity contribution is 7.81. The molecule has 2 aromatic carbocycles. The van der Waals surface area contributed by atoms with Crippen LogP contribution in [-0.2, 0) is 0 Å². The van der Waals surface area contributed by atoms with Gasteiger partial charge in [0.25, 0.3) is 5.69 Å². The molecular formula is C22H19N3O3S. The second-order valence-corrected chi connectivity index (χ2v) is 6.95. The van der Waals surface area contributed by atoms with E-state index < -0.39 is 10.7 Å². The lowest BCUT2D eigenvalue weighted by atomic mass is 10.1. The van der Waals surface area contributed by atoms with Gasteiger partial charge >= 0.3 is 0 Å². The summed E-state index contributed by atoms with van der Waals surface area (Å²) in [6, 6.07) is 17.4. The van der Waals surface area contributed by atoms with Crippen molar-refractivity contribution in [2.75, 3.05) is 5.32 Å². The molecule has 0 fully saturated rings. The molecule has 0 aliphatic carbocycles. The Morgan fingerprint density at radius 2 is 1.69 bits per heavy atom. The summed E-state index contributed by atoms with van der Waals surface area (Å²) < 4.78 is 1.61. The van der Waals surface area contributed by atoms with Crippen LogP contribution in [0.1, 0.15) is 16.7 Å². The lowest BCUT2D eigenvalue weighted by molar-refractivity contribution is -0.577. The molecule has 0 bridgehead atoms. The molecule has 1 aromatic heterocycles. The molecule has 0 radical (unpaired) electrons. The molecule has 1 N–H and O–H groups in total. The van der Waals surface area contributed by atoms with Gasteiger partial charge in [-0.1, -0.05) is 48.1 Å². The monoisotopic (exact) mass is 405 g/mol.